The van der Waals surface area contributed by atoms with E-state index in [9.17, 15) is 4.79 Å². The Balaban J connectivity index is 2.70. The number of aryl methyl sites for hydroxylation is 1. The van der Waals surface area contributed by atoms with Crippen LogP contribution in [0, 0.1) is 6.92 Å². The average molecular weight is 286 g/mol. The lowest BCUT2D eigenvalue weighted by Crippen LogP contribution is -2.37. The van der Waals surface area contributed by atoms with E-state index in [4.69, 9.17) is 10.5 Å². The molecule has 0 atom stereocenters. The molecule has 0 aliphatic rings. The van der Waals surface area contributed by atoms with Gasteiger partial charge in [-0.1, -0.05) is 11.6 Å². The fourth-order valence-corrected chi connectivity index (χ4v) is 2.42. The fraction of sp³-hybridized carbons (Fsp3) is 0.353. The van der Waals surface area contributed by atoms with E-state index >= 15 is 0 Å². The van der Waals surface area contributed by atoms with Gasteiger partial charge in [0.2, 0.25) is 0 Å². The lowest BCUT2D eigenvalue weighted by atomic mass is 9.96. The SMILES string of the molecule is COc1ccc(C)cc1-c1ccc(C(C)(C)N)c(=O)n1C. The van der Waals surface area contributed by atoms with Crippen LogP contribution < -0.4 is 16.0 Å². The largest absolute Gasteiger partial charge is 0.496 e. The second kappa shape index (κ2) is 5.37. The van der Waals surface area contributed by atoms with Gasteiger partial charge in [0.05, 0.1) is 12.8 Å². The van der Waals surface area contributed by atoms with E-state index in [1.165, 1.54) is 0 Å². The predicted octanol–water partition coefficient (Wildman–Crippen LogP) is 2.56. The molecule has 0 fully saturated rings. The highest BCUT2D eigenvalue weighted by Crippen LogP contribution is 2.30. The van der Waals surface area contributed by atoms with Crippen molar-refractivity contribution in [2.45, 2.75) is 26.3 Å². The quantitative estimate of drug-likeness (QED) is 0.943. The van der Waals surface area contributed by atoms with Crippen LogP contribution >= 0.6 is 0 Å². The maximum atomic E-state index is 12.5. The zero-order valence-electron chi connectivity index (χ0n) is 13.2. The summed E-state index contributed by atoms with van der Waals surface area (Å²) < 4.78 is 7.03. The number of hydrogen-bond acceptors (Lipinski definition) is 3. The summed E-state index contributed by atoms with van der Waals surface area (Å²) >= 11 is 0. The Morgan fingerprint density at radius 2 is 1.86 bits per heavy atom. The van der Waals surface area contributed by atoms with Crippen LogP contribution in [0.5, 0.6) is 5.75 Å². The van der Waals surface area contributed by atoms with Crippen LogP contribution in [0.1, 0.15) is 25.0 Å². The van der Waals surface area contributed by atoms with Crippen molar-refractivity contribution in [3.05, 3.63) is 51.8 Å². The molecule has 1 aromatic heterocycles. The maximum absolute atomic E-state index is 12.5. The molecule has 21 heavy (non-hydrogen) atoms. The second-order valence-electron chi connectivity index (χ2n) is 5.92. The Morgan fingerprint density at radius 3 is 2.43 bits per heavy atom. The lowest BCUT2D eigenvalue weighted by Gasteiger charge is -2.21. The molecule has 1 heterocycles. The van der Waals surface area contributed by atoms with E-state index in [2.05, 4.69) is 0 Å². The highest BCUT2D eigenvalue weighted by Gasteiger charge is 2.20. The second-order valence-corrected chi connectivity index (χ2v) is 5.92. The molecule has 0 unspecified atom stereocenters. The Kier molecular flexibility index (Phi) is 3.92. The minimum absolute atomic E-state index is 0.0800. The highest BCUT2D eigenvalue weighted by atomic mass is 16.5. The van der Waals surface area contributed by atoms with Crippen LogP contribution in [0.3, 0.4) is 0 Å². The molecule has 1 aromatic carbocycles. The zero-order valence-corrected chi connectivity index (χ0v) is 13.2. The topological polar surface area (TPSA) is 57.2 Å². The summed E-state index contributed by atoms with van der Waals surface area (Å²) in [5, 5.41) is 0. The van der Waals surface area contributed by atoms with E-state index in [0.29, 0.717) is 5.56 Å². The molecular weight excluding hydrogens is 264 g/mol. The van der Waals surface area contributed by atoms with Crippen molar-refractivity contribution in [2.24, 2.45) is 12.8 Å². The minimum Gasteiger partial charge on any atom is -0.496 e. The average Bonchev–Trinajstić information content (AvgIpc) is 2.40. The molecule has 0 bridgehead atoms. The third kappa shape index (κ3) is 2.85. The molecule has 0 radical (unpaired) electrons. The summed E-state index contributed by atoms with van der Waals surface area (Å²) in [6.07, 6.45) is 0. The van der Waals surface area contributed by atoms with Gasteiger partial charge in [-0.3, -0.25) is 4.79 Å². The van der Waals surface area contributed by atoms with Crippen LogP contribution in [0.15, 0.2) is 35.1 Å². The van der Waals surface area contributed by atoms with E-state index in [0.717, 1.165) is 22.6 Å². The summed E-state index contributed by atoms with van der Waals surface area (Å²) in [5.74, 6) is 0.746. The Bertz CT molecular complexity index is 725. The van der Waals surface area contributed by atoms with Crippen molar-refractivity contribution in [1.82, 2.24) is 4.57 Å². The van der Waals surface area contributed by atoms with Gasteiger partial charge in [-0.15, -0.1) is 0 Å². The first-order valence-corrected chi connectivity index (χ1v) is 6.90. The van der Waals surface area contributed by atoms with E-state index in [-0.39, 0.29) is 5.56 Å². The van der Waals surface area contributed by atoms with E-state index < -0.39 is 5.54 Å². The van der Waals surface area contributed by atoms with E-state index in [1.807, 2.05) is 45.0 Å². The molecule has 4 heteroatoms. The van der Waals surface area contributed by atoms with Gasteiger partial charge in [0.15, 0.2) is 0 Å². The van der Waals surface area contributed by atoms with Gasteiger partial charge in [-0.25, -0.2) is 0 Å². The van der Waals surface area contributed by atoms with Crippen LogP contribution in [-0.4, -0.2) is 11.7 Å². The fourth-order valence-electron chi connectivity index (χ4n) is 2.42. The molecule has 0 saturated heterocycles. The summed E-state index contributed by atoms with van der Waals surface area (Å²) in [7, 11) is 3.39. The highest BCUT2D eigenvalue weighted by molar-refractivity contribution is 5.68. The molecular formula is C17H22N2O2. The van der Waals surface area contributed by atoms with Crippen LogP contribution in [0.25, 0.3) is 11.3 Å². The number of benzene rings is 1. The first-order chi connectivity index (χ1) is 9.75. The third-order valence-corrected chi connectivity index (χ3v) is 3.63. The van der Waals surface area contributed by atoms with Crippen molar-refractivity contribution in [2.75, 3.05) is 7.11 Å². The number of pyridine rings is 1. The summed E-state index contributed by atoms with van der Waals surface area (Å²) in [4.78, 5) is 12.5. The van der Waals surface area contributed by atoms with Crippen LogP contribution in [0.4, 0.5) is 0 Å². The third-order valence-electron chi connectivity index (χ3n) is 3.63. The number of aromatic nitrogens is 1. The van der Waals surface area contributed by atoms with Crippen molar-refractivity contribution in [1.29, 1.82) is 0 Å². The number of methoxy groups -OCH3 is 1. The molecule has 0 aliphatic carbocycles. The summed E-state index contributed by atoms with van der Waals surface area (Å²) in [6, 6.07) is 9.64. The molecule has 0 amide bonds. The summed E-state index contributed by atoms with van der Waals surface area (Å²) in [5.41, 5.74) is 8.74. The number of ether oxygens (including phenoxy) is 1. The Hall–Kier alpha value is -2.07. The molecule has 2 rings (SSSR count). The van der Waals surface area contributed by atoms with Gasteiger partial charge in [0.1, 0.15) is 5.75 Å². The molecule has 0 spiro atoms. The molecule has 2 aromatic rings. The van der Waals surface area contributed by atoms with Crippen LogP contribution in [0.2, 0.25) is 0 Å². The van der Waals surface area contributed by atoms with Crippen molar-refractivity contribution >= 4 is 0 Å². The van der Waals surface area contributed by atoms with Gasteiger partial charge in [-0.2, -0.15) is 0 Å². The van der Waals surface area contributed by atoms with Gasteiger partial charge in [0.25, 0.3) is 5.56 Å². The smallest absolute Gasteiger partial charge is 0.255 e. The van der Waals surface area contributed by atoms with Gasteiger partial charge in [0, 0.05) is 23.7 Å². The standard InChI is InChI=1S/C17H22N2O2/c1-11-6-9-15(21-5)12(10-11)14-8-7-13(17(2,3)18)16(20)19(14)4/h6-10H,18H2,1-5H3. The molecule has 4 nitrogen and oxygen atoms in total. The van der Waals surface area contributed by atoms with E-state index in [1.54, 1.807) is 24.8 Å². The molecule has 2 N–H and O–H groups in total. The number of nitrogens with two attached hydrogens (primary N) is 1. The molecule has 0 aliphatic heterocycles. The normalized spacial score (nSPS) is 11.5. The zero-order chi connectivity index (χ0) is 15.8. The monoisotopic (exact) mass is 286 g/mol. The molecule has 112 valence electrons. The van der Waals surface area contributed by atoms with Crippen LogP contribution in [-0.2, 0) is 12.6 Å². The predicted molar refractivity (Wildman–Crippen MR) is 85.6 cm³/mol. The Morgan fingerprint density at radius 1 is 1.19 bits per heavy atom. The number of hydrogen-bond donors (Lipinski definition) is 1. The van der Waals surface area contributed by atoms with Crippen molar-refractivity contribution < 1.29 is 4.74 Å². The minimum atomic E-state index is -0.663. The maximum Gasteiger partial charge on any atom is 0.255 e. The first kappa shape index (κ1) is 15.3. The summed E-state index contributed by atoms with van der Waals surface area (Å²) in [6.45, 7) is 5.67. The molecule has 0 saturated carbocycles. The Labute approximate surface area is 125 Å². The van der Waals surface area contributed by atoms with Gasteiger partial charge >= 0.3 is 0 Å². The number of rotatable bonds is 3. The first-order valence-electron chi connectivity index (χ1n) is 6.90. The van der Waals surface area contributed by atoms with Crippen molar-refractivity contribution in [3.8, 4) is 17.0 Å². The van der Waals surface area contributed by atoms with Gasteiger partial charge < -0.3 is 15.0 Å². The lowest BCUT2D eigenvalue weighted by molar-refractivity contribution is 0.416. The van der Waals surface area contributed by atoms with Gasteiger partial charge in [-0.05, 0) is 45.0 Å². The number of nitrogens with zero attached hydrogens (tertiary/aromatic N) is 1. The van der Waals surface area contributed by atoms with Crippen molar-refractivity contribution in [3.63, 3.8) is 0 Å².